The number of rotatable bonds is 5. The molecule has 70 valence electrons. The molecule has 0 saturated carbocycles. The SMILES string of the molecule is O=C([O-])CSCCc1ccccn1. The van der Waals surface area contributed by atoms with Crippen molar-refractivity contribution in [1.29, 1.82) is 0 Å². The van der Waals surface area contributed by atoms with E-state index >= 15 is 0 Å². The van der Waals surface area contributed by atoms with Gasteiger partial charge in [0.25, 0.3) is 0 Å². The molecule has 0 N–H and O–H groups in total. The molecule has 4 heteroatoms. The molecule has 0 aliphatic carbocycles. The maximum Gasteiger partial charge on any atom is 0.0513 e. The average Bonchev–Trinajstić information content (AvgIpc) is 2.14. The van der Waals surface area contributed by atoms with Crippen molar-refractivity contribution in [1.82, 2.24) is 4.98 Å². The lowest BCUT2D eigenvalue weighted by Crippen LogP contribution is -2.24. The highest BCUT2D eigenvalue weighted by Crippen LogP contribution is 2.03. The van der Waals surface area contributed by atoms with Crippen molar-refractivity contribution in [3.05, 3.63) is 30.1 Å². The van der Waals surface area contributed by atoms with E-state index in [1.807, 2.05) is 18.2 Å². The Hall–Kier alpha value is -1.03. The molecule has 0 unspecified atom stereocenters. The number of carboxylic acid groups (broad SMARTS) is 1. The van der Waals surface area contributed by atoms with Crippen LogP contribution in [0.4, 0.5) is 0 Å². The monoisotopic (exact) mass is 196 g/mol. The van der Waals surface area contributed by atoms with Crippen molar-refractivity contribution in [2.45, 2.75) is 6.42 Å². The van der Waals surface area contributed by atoms with Crippen molar-refractivity contribution in [2.75, 3.05) is 11.5 Å². The van der Waals surface area contributed by atoms with Gasteiger partial charge in [-0.2, -0.15) is 11.8 Å². The first-order chi connectivity index (χ1) is 6.29. The highest BCUT2D eigenvalue weighted by atomic mass is 32.2. The number of aliphatic carboxylic acids is 1. The highest BCUT2D eigenvalue weighted by Gasteiger charge is 1.93. The van der Waals surface area contributed by atoms with E-state index in [0.29, 0.717) is 0 Å². The van der Waals surface area contributed by atoms with Crippen LogP contribution in [0.5, 0.6) is 0 Å². The highest BCUT2D eigenvalue weighted by molar-refractivity contribution is 7.99. The second-order valence-electron chi connectivity index (χ2n) is 2.50. The average molecular weight is 196 g/mol. The first-order valence-corrected chi connectivity index (χ1v) is 5.12. The van der Waals surface area contributed by atoms with Crippen molar-refractivity contribution in [3.63, 3.8) is 0 Å². The van der Waals surface area contributed by atoms with E-state index in [1.54, 1.807) is 6.20 Å². The lowest BCUT2D eigenvalue weighted by molar-refractivity contribution is -0.301. The van der Waals surface area contributed by atoms with Crippen LogP contribution in [0.15, 0.2) is 24.4 Å². The molecule has 1 rings (SSSR count). The van der Waals surface area contributed by atoms with Crippen LogP contribution >= 0.6 is 11.8 Å². The van der Waals surface area contributed by atoms with Gasteiger partial charge in [0.1, 0.15) is 0 Å². The third-order valence-electron chi connectivity index (χ3n) is 1.45. The van der Waals surface area contributed by atoms with Gasteiger partial charge in [-0.1, -0.05) is 6.07 Å². The second-order valence-corrected chi connectivity index (χ2v) is 3.60. The summed E-state index contributed by atoms with van der Waals surface area (Å²) in [4.78, 5) is 14.2. The lowest BCUT2D eigenvalue weighted by atomic mass is 10.3. The Morgan fingerprint density at radius 1 is 1.54 bits per heavy atom. The topological polar surface area (TPSA) is 53.0 Å². The molecule has 1 heterocycles. The summed E-state index contributed by atoms with van der Waals surface area (Å²) in [6.45, 7) is 0. The summed E-state index contributed by atoms with van der Waals surface area (Å²) in [5.41, 5.74) is 0.994. The van der Waals surface area contributed by atoms with Crippen LogP contribution in [0.3, 0.4) is 0 Å². The summed E-state index contributed by atoms with van der Waals surface area (Å²) < 4.78 is 0. The fourth-order valence-electron chi connectivity index (χ4n) is 0.878. The lowest BCUT2D eigenvalue weighted by Gasteiger charge is -2.01. The van der Waals surface area contributed by atoms with E-state index in [-0.39, 0.29) is 5.75 Å². The van der Waals surface area contributed by atoms with E-state index in [2.05, 4.69) is 4.98 Å². The molecule has 0 fully saturated rings. The van der Waals surface area contributed by atoms with Gasteiger partial charge in [0.2, 0.25) is 0 Å². The molecule has 0 atom stereocenters. The number of nitrogens with zero attached hydrogens (tertiary/aromatic N) is 1. The molecule has 3 nitrogen and oxygen atoms in total. The van der Waals surface area contributed by atoms with E-state index in [1.165, 1.54) is 11.8 Å². The van der Waals surface area contributed by atoms with E-state index < -0.39 is 5.97 Å². The second kappa shape index (κ2) is 5.59. The molecule has 0 radical (unpaired) electrons. The fourth-order valence-corrected chi connectivity index (χ4v) is 1.54. The summed E-state index contributed by atoms with van der Waals surface area (Å²) in [6.07, 6.45) is 2.54. The quantitative estimate of drug-likeness (QED) is 0.627. The molecular formula is C9H10NO2S-. The van der Waals surface area contributed by atoms with Gasteiger partial charge in [-0.3, -0.25) is 4.98 Å². The zero-order valence-corrected chi connectivity index (χ0v) is 7.92. The Morgan fingerprint density at radius 2 is 2.38 bits per heavy atom. The minimum absolute atomic E-state index is 0.0623. The Kier molecular flexibility index (Phi) is 4.32. The molecule has 0 spiro atoms. The van der Waals surface area contributed by atoms with Gasteiger partial charge in [0.05, 0.1) is 5.97 Å². The number of hydrogen-bond acceptors (Lipinski definition) is 4. The van der Waals surface area contributed by atoms with E-state index in [4.69, 9.17) is 0 Å². The van der Waals surface area contributed by atoms with Gasteiger partial charge in [-0.15, -0.1) is 0 Å². The maximum atomic E-state index is 10.1. The van der Waals surface area contributed by atoms with Crippen molar-refractivity contribution >= 4 is 17.7 Å². The first-order valence-electron chi connectivity index (χ1n) is 3.96. The number of aromatic nitrogens is 1. The molecule has 0 aromatic carbocycles. The van der Waals surface area contributed by atoms with Crippen LogP contribution in [0.2, 0.25) is 0 Å². The molecule has 0 aliphatic rings. The van der Waals surface area contributed by atoms with Crippen LogP contribution < -0.4 is 5.11 Å². The Labute approximate surface area is 81.2 Å². The smallest absolute Gasteiger partial charge is 0.0513 e. The van der Waals surface area contributed by atoms with Crippen LogP contribution in [0.1, 0.15) is 5.69 Å². The number of aryl methyl sites for hydroxylation is 1. The largest absolute Gasteiger partial charge is 0.549 e. The summed E-state index contributed by atoms with van der Waals surface area (Å²) in [6, 6.07) is 5.71. The Bertz CT molecular complexity index is 264. The van der Waals surface area contributed by atoms with Crippen molar-refractivity contribution in [3.8, 4) is 0 Å². The molecule has 0 bridgehead atoms. The van der Waals surface area contributed by atoms with Gasteiger partial charge in [0, 0.05) is 17.6 Å². The van der Waals surface area contributed by atoms with E-state index in [9.17, 15) is 9.90 Å². The standard InChI is InChI=1S/C9H11NO2S/c11-9(12)7-13-6-4-8-3-1-2-5-10-8/h1-3,5H,4,6-7H2,(H,11,12)/p-1. The number of carbonyl (C=O) groups is 1. The number of hydrogen-bond donors (Lipinski definition) is 0. The number of pyridine rings is 1. The third-order valence-corrected chi connectivity index (χ3v) is 2.38. The fraction of sp³-hybridized carbons (Fsp3) is 0.333. The van der Waals surface area contributed by atoms with E-state index in [0.717, 1.165) is 17.9 Å². The number of carboxylic acids is 1. The third kappa shape index (κ3) is 4.52. The minimum atomic E-state index is -1.01. The van der Waals surface area contributed by atoms with Crippen LogP contribution in [-0.4, -0.2) is 22.5 Å². The molecule has 13 heavy (non-hydrogen) atoms. The van der Waals surface area contributed by atoms with Gasteiger partial charge < -0.3 is 9.90 Å². The van der Waals surface area contributed by atoms with Crippen LogP contribution in [-0.2, 0) is 11.2 Å². The molecular weight excluding hydrogens is 186 g/mol. The Balaban J connectivity index is 2.17. The zero-order valence-electron chi connectivity index (χ0n) is 7.10. The summed E-state index contributed by atoms with van der Waals surface area (Å²) >= 11 is 1.35. The predicted octanol–water partition coefficient (Wildman–Crippen LogP) is 0.107. The van der Waals surface area contributed by atoms with Gasteiger partial charge in [-0.05, 0) is 24.3 Å². The summed E-state index contributed by atoms with van der Waals surface area (Å²) in [5.74, 6) is -0.177. The number of thioether (sulfide) groups is 1. The summed E-state index contributed by atoms with van der Waals surface area (Å²) in [5, 5.41) is 10.1. The van der Waals surface area contributed by atoms with Gasteiger partial charge in [0.15, 0.2) is 0 Å². The normalized spacial score (nSPS) is 9.85. The minimum Gasteiger partial charge on any atom is -0.549 e. The molecule has 0 saturated heterocycles. The molecule has 0 amide bonds. The maximum absolute atomic E-state index is 10.1. The van der Waals surface area contributed by atoms with Crippen molar-refractivity contribution < 1.29 is 9.90 Å². The van der Waals surface area contributed by atoms with Gasteiger partial charge >= 0.3 is 0 Å². The van der Waals surface area contributed by atoms with Crippen LogP contribution in [0.25, 0.3) is 0 Å². The summed E-state index contributed by atoms with van der Waals surface area (Å²) in [7, 11) is 0. The molecule has 1 aromatic heterocycles. The number of carbonyl (C=O) groups excluding carboxylic acids is 1. The van der Waals surface area contributed by atoms with Gasteiger partial charge in [-0.25, -0.2) is 0 Å². The van der Waals surface area contributed by atoms with Crippen LogP contribution in [0, 0.1) is 0 Å². The Morgan fingerprint density at radius 3 is 3.00 bits per heavy atom. The van der Waals surface area contributed by atoms with Crippen molar-refractivity contribution in [2.24, 2.45) is 0 Å². The predicted molar refractivity (Wildman–Crippen MR) is 50.3 cm³/mol. The molecule has 0 aliphatic heterocycles. The zero-order chi connectivity index (χ0) is 9.52. The molecule has 1 aromatic rings. The first kappa shape index (κ1) is 10.1.